The predicted molar refractivity (Wildman–Crippen MR) is 93.9 cm³/mol. The average molecular weight is 381 g/mol. The van der Waals surface area contributed by atoms with Crippen LogP contribution in [0.5, 0.6) is 11.8 Å². The molecule has 2 atom stereocenters. The van der Waals surface area contributed by atoms with Gasteiger partial charge in [-0.3, -0.25) is 9.69 Å². The first-order valence-corrected chi connectivity index (χ1v) is 8.95. The second kappa shape index (κ2) is 7.92. The van der Waals surface area contributed by atoms with E-state index in [0.717, 1.165) is 17.8 Å². The van der Waals surface area contributed by atoms with Gasteiger partial charge in [0.25, 0.3) is 0 Å². The number of nitrogens with one attached hydrogen (secondary N) is 1. The number of hydrogen-bond acceptors (Lipinski definition) is 8. The summed E-state index contributed by atoms with van der Waals surface area (Å²) in [4.78, 5) is 25.5. The van der Waals surface area contributed by atoms with Crippen LogP contribution in [0.25, 0.3) is 0 Å². The molecule has 8 nitrogen and oxygen atoms in total. The van der Waals surface area contributed by atoms with Gasteiger partial charge in [-0.15, -0.1) is 0 Å². The molecule has 2 aromatic heterocycles. The molecule has 0 spiro atoms. The van der Waals surface area contributed by atoms with E-state index >= 15 is 0 Å². The Labute approximate surface area is 154 Å². The molecule has 3 heterocycles. The van der Waals surface area contributed by atoms with Crippen LogP contribution in [0.2, 0.25) is 0 Å². The molecular formula is C16H20FN5O3S. The van der Waals surface area contributed by atoms with Gasteiger partial charge in [-0.2, -0.15) is 9.37 Å². The molecule has 1 fully saturated rings. The number of nitrogens with zero attached hydrogens (tertiary/aromatic N) is 4. The van der Waals surface area contributed by atoms with Crippen LogP contribution >= 0.6 is 11.3 Å². The number of amides is 1. The normalized spacial score (nSPS) is 20.2. The smallest absolute Gasteiger partial charge is 0.230 e. The summed E-state index contributed by atoms with van der Waals surface area (Å²) in [7, 11) is 1.53. The monoisotopic (exact) mass is 381 g/mol. The van der Waals surface area contributed by atoms with E-state index in [9.17, 15) is 9.18 Å². The van der Waals surface area contributed by atoms with E-state index in [0.29, 0.717) is 29.7 Å². The average Bonchev–Trinajstić information content (AvgIpc) is 3.09. The van der Waals surface area contributed by atoms with Crippen LogP contribution in [0.4, 0.5) is 9.52 Å². The van der Waals surface area contributed by atoms with E-state index in [-0.39, 0.29) is 23.2 Å². The van der Waals surface area contributed by atoms with Gasteiger partial charge in [0.1, 0.15) is 12.4 Å². The van der Waals surface area contributed by atoms with E-state index in [2.05, 4.69) is 32.1 Å². The topological polar surface area (TPSA) is 89.5 Å². The van der Waals surface area contributed by atoms with Gasteiger partial charge < -0.3 is 14.8 Å². The van der Waals surface area contributed by atoms with E-state index in [1.165, 1.54) is 20.4 Å². The lowest BCUT2D eigenvalue weighted by Crippen LogP contribution is -2.28. The summed E-state index contributed by atoms with van der Waals surface area (Å²) in [5.41, 5.74) is 0. The third-order valence-corrected chi connectivity index (χ3v) is 4.99. The van der Waals surface area contributed by atoms with Crippen molar-refractivity contribution in [2.24, 2.45) is 0 Å². The van der Waals surface area contributed by atoms with Crippen molar-refractivity contribution in [1.29, 1.82) is 0 Å². The van der Waals surface area contributed by atoms with E-state index in [1.807, 2.05) is 0 Å². The first kappa shape index (κ1) is 18.5. The maximum absolute atomic E-state index is 14.0. The number of hydrogen-bond donors (Lipinski definition) is 1. The Kier molecular flexibility index (Phi) is 5.62. The van der Waals surface area contributed by atoms with Crippen LogP contribution in [0.3, 0.4) is 0 Å². The Morgan fingerprint density at radius 2 is 2.23 bits per heavy atom. The second-order valence-electron chi connectivity index (χ2n) is 6.07. The van der Waals surface area contributed by atoms with Crippen LogP contribution in [0.15, 0.2) is 12.4 Å². The lowest BCUT2D eigenvalue weighted by atomic mass is 10.2. The number of anilines is 1. The summed E-state index contributed by atoms with van der Waals surface area (Å²) in [6.07, 6.45) is 2.13. The minimum absolute atomic E-state index is 0.0598. The Morgan fingerprint density at radius 3 is 2.96 bits per heavy atom. The van der Waals surface area contributed by atoms with Crippen LogP contribution in [0.1, 0.15) is 25.1 Å². The number of likely N-dealkylation sites (tertiary alicyclic amines) is 1. The van der Waals surface area contributed by atoms with Gasteiger partial charge in [-0.25, -0.2) is 9.97 Å². The fourth-order valence-corrected chi connectivity index (χ4v) is 3.75. The van der Waals surface area contributed by atoms with Crippen molar-refractivity contribution in [2.45, 2.75) is 39.0 Å². The van der Waals surface area contributed by atoms with Crippen molar-refractivity contribution in [3.05, 3.63) is 23.2 Å². The molecule has 0 bridgehead atoms. The molecule has 2 aromatic rings. The summed E-state index contributed by atoms with van der Waals surface area (Å²) in [5, 5.41) is 2.79. The van der Waals surface area contributed by atoms with Crippen LogP contribution < -0.4 is 14.8 Å². The van der Waals surface area contributed by atoms with Gasteiger partial charge in [0.15, 0.2) is 5.13 Å². The highest BCUT2D eigenvalue weighted by atomic mass is 32.1. The minimum atomic E-state index is -0.546. The van der Waals surface area contributed by atoms with Gasteiger partial charge in [-0.1, -0.05) is 11.3 Å². The van der Waals surface area contributed by atoms with E-state index < -0.39 is 5.95 Å². The summed E-state index contributed by atoms with van der Waals surface area (Å²) in [6.45, 7) is 4.49. The van der Waals surface area contributed by atoms with Crippen molar-refractivity contribution in [3.63, 3.8) is 0 Å². The summed E-state index contributed by atoms with van der Waals surface area (Å²) >= 11 is 1.15. The third kappa shape index (κ3) is 4.44. The summed E-state index contributed by atoms with van der Waals surface area (Å²) < 4.78 is 25.0. The maximum atomic E-state index is 14.0. The lowest BCUT2D eigenvalue weighted by Gasteiger charge is -2.19. The third-order valence-electron chi connectivity index (χ3n) is 4.06. The SMILES string of the molecule is COc1cc(O[C@H]2C[C@H](C)N(Cc3sc(NC(C)=O)nc3F)C2)ncn1. The highest BCUT2D eigenvalue weighted by molar-refractivity contribution is 7.15. The Hall–Kier alpha value is -2.33. The van der Waals surface area contributed by atoms with E-state index in [1.54, 1.807) is 6.07 Å². The molecule has 1 saturated heterocycles. The molecule has 0 aliphatic carbocycles. The highest BCUT2D eigenvalue weighted by Crippen LogP contribution is 2.28. The largest absolute Gasteiger partial charge is 0.481 e. The highest BCUT2D eigenvalue weighted by Gasteiger charge is 2.32. The molecule has 1 amide bonds. The number of halogens is 1. The molecule has 0 saturated carbocycles. The van der Waals surface area contributed by atoms with Gasteiger partial charge in [0, 0.05) is 32.5 Å². The molecule has 3 rings (SSSR count). The zero-order chi connectivity index (χ0) is 18.7. The molecule has 0 aromatic carbocycles. The molecule has 1 aliphatic rings. The zero-order valence-corrected chi connectivity index (χ0v) is 15.5. The fraction of sp³-hybridized carbons (Fsp3) is 0.500. The number of carbonyl (C=O) groups excluding carboxylic acids is 1. The lowest BCUT2D eigenvalue weighted by molar-refractivity contribution is -0.114. The molecule has 26 heavy (non-hydrogen) atoms. The molecule has 140 valence electrons. The first-order chi connectivity index (χ1) is 12.4. The van der Waals surface area contributed by atoms with Crippen molar-refractivity contribution in [1.82, 2.24) is 19.9 Å². The Bertz CT molecular complexity index is 787. The van der Waals surface area contributed by atoms with Gasteiger partial charge in [0.05, 0.1) is 18.1 Å². The van der Waals surface area contributed by atoms with Crippen molar-refractivity contribution >= 4 is 22.4 Å². The number of carbonyl (C=O) groups is 1. The predicted octanol–water partition coefficient (Wildman–Crippen LogP) is 2.08. The van der Waals surface area contributed by atoms with Crippen molar-refractivity contribution in [2.75, 3.05) is 19.0 Å². The Balaban J connectivity index is 1.62. The standard InChI is InChI=1S/C16H20FN5O3S/c1-9-4-11(25-14-5-13(24-3)18-8-19-14)6-22(9)7-12-15(17)21-16(26-12)20-10(2)23/h5,8-9,11H,4,6-7H2,1-3H3,(H,20,21,23)/t9-,11-/m0/s1. The second-order valence-corrected chi connectivity index (χ2v) is 7.15. The quantitative estimate of drug-likeness (QED) is 0.819. The number of methoxy groups -OCH3 is 1. The van der Waals surface area contributed by atoms with Crippen molar-refractivity contribution < 1.29 is 18.7 Å². The molecule has 0 radical (unpaired) electrons. The molecule has 1 N–H and O–H groups in total. The Morgan fingerprint density at radius 1 is 1.46 bits per heavy atom. The number of ether oxygens (including phenoxy) is 2. The molecule has 0 unspecified atom stereocenters. The minimum Gasteiger partial charge on any atom is -0.481 e. The first-order valence-electron chi connectivity index (χ1n) is 8.14. The number of rotatable bonds is 6. The van der Waals surface area contributed by atoms with Crippen LogP contribution in [-0.4, -0.2) is 51.6 Å². The summed E-state index contributed by atoms with van der Waals surface area (Å²) in [5.74, 6) is 0.0763. The molecule has 10 heteroatoms. The van der Waals surface area contributed by atoms with Gasteiger partial charge in [-0.05, 0) is 6.92 Å². The van der Waals surface area contributed by atoms with Crippen molar-refractivity contribution in [3.8, 4) is 11.8 Å². The fourth-order valence-electron chi connectivity index (χ4n) is 2.84. The molecular weight excluding hydrogens is 361 g/mol. The number of thiazole rings is 1. The zero-order valence-electron chi connectivity index (χ0n) is 14.7. The van der Waals surface area contributed by atoms with Gasteiger partial charge in [0.2, 0.25) is 23.6 Å². The van der Waals surface area contributed by atoms with Gasteiger partial charge >= 0.3 is 0 Å². The van der Waals surface area contributed by atoms with Crippen LogP contribution in [0, 0.1) is 5.95 Å². The molecule has 1 aliphatic heterocycles. The maximum Gasteiger partial charge on any atom is 0.230 e. The number of aromatic nitrogens is 3. The van der Waals surface area contributed by atoms with E-state index in [4.69, 9.17) is 9.47 Å². The van der Waals surface area contributed by atoms with Crippen LogP contribution in [-0.2, 0) is 11.3 Å². The summed E-state index contributed by atoms with van der Waals surface area (Å²) in [6, 6.07) is 1.85.